The van der Waals surface area contributed by atoms with Crippen molar-refractivity contribution in [1.29, 1.82) is 0 Å². The second-order valence-electron chi connectivity index (χ2n) is 4.21. The molecule has 0 saturated carbocycles. The van der Waals surface area contributed by atoms with E-state index in [0.717, 1.165) is 0 Å². The van der Waals surface area contributed by atoms with Gasteiger partial charge in [-0.25, -0.2) is 13.6 Å². The maximum Gasteiger partial charge on any atom is 0.313 e. The number of amides is 1. The second-order valence-corrected chi connectivity index (χ2v) is 6.93. The van der Waals surface area contributed by atoms with Crippen molar-refractivity contribution in [2.45, 2.75) is 5.75 Å². The molecule has 1 amide bonds. The van der Waals surface area contributed by atoms with Crippen LogP contribution in [-0.4, -0.2) is 43.5 Å². The second kappa shape index (κ2) is 8.01. The zero-order valence-electron chi connectivity index (χ0n) is 11.1. The number of sulfonamides is 1. The Morgan fingerprint density at radius 1 is 1.33 bits per heavy atom. The Morgan fingerprint density at radius 3 is 2.67 bits per heavy atom. The summed E-state index contributed by atoms with van der Waals surface area (Å²) in [5.74, 6) is -1.11. The molecule has 0 radical (unpaired) electrons. The number of aliphatic carboxylic acids is 1. The molecule has 21 heavy (non-hydrogen) atoms. The first kappa shape index (κ1) is 17.5. The van der Waals surface area contributed by atoms with Gasteiger partial charge >= 0.3 is 5.97 Å². The molecule has 0 unspecified atom stereocenters. The Bertz CT molecular complexity index is 616. The van der Waals surface area contributed by atoms with E-state index in [1.54, 1.807) is 18.2 Å². The number of primary sulfonamides is 1. The summed E-state index contributed by atoms with van der Waals surface area (Å²) in [6.07, 6.45) is 0. The van der Waals surface area contributed by atoms with Crippen LogP contribution in [0.5, 0.6) is 0 Å². The highest BCUT2D eigenvalue weighted by atomic mass is 32.2. The van der Waals surface area contributed by atoms with Crippen LogP contribution >= 0.6 is 11.8 Å². The van der Waals surface area contributed by atoms with Gasteiger partial charge in [-0.2, -0.15) is 0 Å². The van der Waals surface area contributed by atoms with E-state index in [9.17, 15) is 18.0 Å². The number of carboxylic acid groups (broad SMARTS) is 1. The predicted octanol–water partition coefficient (Wildman–Crippen LogP) is 0.0227. The van der Waals surface area contributed by atoms with Crippen molar-refractivity contribution in [3.63, 3.8) is 0 Å². The smallest absolute Gasteiger partial charge is 0.313 e. The monoisotopic (exact) mass is 332 g/mol. The quantitative estimate of drug-likeness (QED) is 0.576. The number of carbonyl (C=O) groups excluding carboxylic acids is 1. The molecule has 0 saturated heterocycles. The molecule has 1 aromatic carbocycles. The Hall–Kier alpha value is -1.58. The van der Waals surface area contributed by atoms with E-state index in [2.05, 4.69) is 5.32 Å². The molecule has 1 rings (SSSR count). The topological polar surface area (TPSA) is 127 Å². The third-order valence-electron chi connectivity index (χ3n) is 2.31. The highest BCUT2D eigenvalue weighted by Crippen LogP contribution is 2.08. The first-order chi connectivity index (χ1) is 9.78. The number of rotatable bonds is 8. The van der Waals surface area contributed by atoms with E-state index in [1.165, 1.54) is 17.8 Å². The maximum absolute atomic E-state index is 11.8. The minimum Gasteiger partial charge on any atom is -0.481 e. The summed E-state index contributed by atoms with van der Waals surface area (Å²) in [6.45, 7) is 0.330. The van der Waals surface area contributed by atoms with Gasteiger partial charge < -0.3 is 10.4 Å². The van der Waals surface area contributed by atoms with E-state index in [0.29, 0.717) is 23.4 Å². The van der Waals surface area contributed by atoms with Crippen molar-refractivity contribution < 1.29 is 23.1 Å². The third-order valence-corrected chi connectivity index (χ3v) is 3.99. The fraction of sp³-hybridized carbons (Fsp3) is 0.333. The summed E-state index contributed by atoms with van der Waals surface area (Å²) in [4.78, 5) is 22.1. The van der Waals surface area contributed by atoms with Crippen LogP contribution in [0.1, 0.15) is 15.9 Å². The molecule has 0 heterocycles. The van der Waals surface area contributed by atoms with Gasteiger partial charge in [0.05, 0.1) is 11.5 Å². The summed E-state index contributed by atoms with van der Waals surface area (Å²) in [5.41, 5.74) is 0.768. The molecule has 116 valence electrons. The minimum atomic E-state index is -3.64. The molecule has 1 aromatic rings. The van der Waals surface area contributed by atoms with Crippen LogP contribution in [-0.2, 0) is 20.6 Å². The number of thioether (sulfide) groups is 1. The molecule has 0 aliphatic heterocycles. The molecule has 9 heteroatoms. The standard InChI is InChI=1S/C12H16N2O5S2/c13-21(18,19)8-9-2-1-3-10(6-9)12(17)14-4-5-20-7-11(15)16/h1-3,6H,4-5,7-8H2,(H,14,17)(H,15,16)(H2,13,18,19). The summed E-state index contributed by atoms with van der Waals surface area (Å²) in [7, 11) is -3.64. The van der Waals surface area contributed by atoms with Crippen molar-refractivity contribution in [3.8, 4) is 0 Å². The molecular weight excluding hydrogens is 316 g/mol. The largest absolute Gasteiger partial charge is 0.481 e. The molecule has 0 aliphatic rings. The van der Waals surface area contributed by atoms with Crippen molar-refractivity contribution in [3.05, 3.63) is 35.4 Å². The van der Waals surface area contributed by atoms with E-state index in [1.807, 2.05) is 0 Å². The minimum absolute atomic E-state index is 0.0142. The van der Waals surface area contributed by atoms with Gasteiger partial charge in [0, 0.05) is 17.9 Å². The highest BCUT2D eigenvalue weighted by Gasteiger charge is 2.09. The first-order valence-corrected chi connectivity index (χ1v) is 8.82. The lowest BCUT2D eigenvalue weighted by Gasteiger charge is -2.06. The van der Waals surface area contributed by atoms with Crippen molar-refractivity contribution in [2.75, 3.05) is 18.1 Å². The first-order valence-electron chi connectivity index (χ1n) is 5.95. The number of carbonyl (C=O) groups is 2. The zero-order valence-corrected chi connectivity index (χ0v) is 12.7. The van der Waals surface area contributed by atoms with Crippen molar-refractivity contribution in [2.24, 2.45) is 5.14 Å². The lowest BCUT2D eigenvalue weighted by atomic mass is 10.1. The Kier molecular flexibility index (Phi) is 6.66. The molecule has 4 N–H and O–H groups in total. The van der Waals surface area contributed by atoms with Gasteiger partial charge in [-0.05, 0) is 17.7 Å². The highest BCUT2D eigenvalue weighted by molar-refractivity contribution is 7.99. The van der Waals surface area contributed by atoms with Gasteiger partial charge in [-0.3, -0.25) is 9.59 Å². The van der Waals surface area contributed by atoms with Gasteiger partial charge in [0.15, 0.2) is 0 Å². The van der Waals surface area contributed by atoms with Gasteiger partial charge in [-0.1, -0.05) is 12.1 Å². The van der Waals surface area contributed by atoms with Crippen molar-refractivity contribution in [1.82, 2.24) is 5.32 Å². The van der Waals surface area contributed by atoms with E-state index < -0.39 is 16.0 Å². The van der Waals surface area contributed by atoms with Crippen LogP contribution in [0.15, 0.2) is 24.3 Å². The average molecular weight is 332 g/mol. The third kappa shape index (κ3) is 7.69. The molecular formula is C12H16N2O5S2. The number of hydrogen-bond acceptors (Lipinski definition) is 5. The van der Waals surface area contributed by atoms with Crippen LogP contribution in [0.3, 0.4) is 0 Å². The number of hydrogen-bond donors (Lipinski definition) is 3. The maximum atomic E-state index is 11.8. The van der Waals surface area contributed by atoms with E-state index in [-0.39, 0.29) is 17.4 Å². The number of carboxylic acids is 1. The summed E-state index contributed by atoms with van der Waals surface area (Å²) < 4.78 is 22.0. The van der Waals surface area contributed by atoms with Crippen LogP contribution < -0.4 is 10.5 Å². The molecule has 0 spiro atoms. The molecule has 0 fully saturated rings. The number of nitrogens with one attached hydrogen (secondary N) is 1. The summed E-state index contributed by atoms with van der Waals surface area (Å²) in [6, 6.07) is 6.18. The normalized spacial score (nSPS) is 11.1. The van der Waals surface area contributed by atoms with Gasteiger partial charge in [0.25, 0.3) is 5.91 Å². The van der Waals surface area contributed by atoms with E-state index in [4.69, 9.17) is 10.2 Å². The fourth-order valence-electron chi connectivity index (χ4n) is 1.53. The predicted molar refractivity (Wildman–Crippen MR) is 80.5 cm³/mol. The van der Waals surface area contributed by atoms with Crippen LogP contribution in [0.4, 0.5) is 0 Å². The Labute approximate surface area is 127 Å². The lowest BCUT2D eigenvalue weighted by molar-refractivity contribution is -0.133. The van der Waals surface area contributed by atoms with Gasteiger partial charge in [0.1, 0.15) is 0 Å². The number of benzene rings is 1. The molecule has 0 bridgehead atoms. The van der Waals surface area contributed by atoms with Crippen LogP contribution in [0, 0.1) is 0 Å². The number of nitrogens with two attached hydrogens (primary N) is 1. The molecule has 0 aromatic heterocycles. The zero-order chi connectivity index (χ0) is 15.9. The Balaban J connectivity index is 2.51. The SMILES string of the molecule is NS(=O)(=O)Cc1cccc(C(=O)NCCSCC(=O)O)c1. The molecule has 0 atom stereocenters. The van der Waals surface area contributed by atoms with Gasteiger partial charge in [-0.15, -0.1) is 11.8 Å². The van der Waals surface area contributed by atoms with Crippen molar-refractivity contribution >= 4 is 33.7 Å². The lowest BCUT2D eigenvalue weighted by Crippen LogP contribution is -2.26. The van der Waals surface area contributed by atoms with Crippen LogP contribution in [0.2, 0.25) is 0 Å². The Morgan fingerprint density at radius 2 is 2.05 bits per heavy atom. The van der Waals surface area contributed by atoms with E-state index >= 15 is 0 Å². The van der Waals surface area contributed by atoms with Crippen LogP contribution in [0.25, 0.3) is 0 Å². The van der Waals surface area contributed by atoms with Gasteiger partial charge in [0.2, 0.25) is 10.0 Å². The summed E-state index contributed by atoms with van der Waals surface area (Å²) >= 11 is 1.20. The average Bonchev–Trinajstić information content (AvgIpc) is 2.36. The summed E-state index contributed by atoms with van der Waals surface area (Å²) in [5, 5.41) is 16.0. The molecule has 7 nitrogen and oxygen atoms in total. The molecule has 0 aliphatic carbocycles. The fourth-order valence-corrected chi connectivity index (χ4v) is 2.74.